The van der Waals surface area contributed by atoms with E-state index in [4.69, 9.17) is 9.47 Å². The average Bonchev–Trinajstić information content (AvgIpc) is 2.84. The fourth-order valence-electron chi connectivity index (χ4n) is 4.78. The maximum absolute atomic E-state index is 13.3. The van der Waals surface area contributed by atoms with Crippen molar-refractivity contribution >= 4 is 18.0 Å². The third kappa shape index (κ3) is 6.23. The second-order valence-corrected chi connectivity index (χ2v) is 9.33. The Morgan fingerprint density at radius 1 is 1.03 bits per heavy atom. The van der Waals surface area contributed by atoms with Crippen LogP contribution in [-0.4, -0.2) is 67.2 Å². The Morgan fingerprint density at radius 2 is 1.66 bits per heavy atom. The summed E-state index contributed by atoms with van der Waals surface area (Å²) < 4.78 is 10.7. The fraction of sp³-hybridized carbons (Fsp3) is 0.593. The van der Waals surface area contributed by atoms with Crippen LogP contribution in [0.25, 0.3) is 0 Å². The number of nitrogens with zero attached hydrogens (tertiary/aromatic N) is 2. The van der Waals surface area contributed by atoms with E-state index >= 15 is 0 Å². The summed E-state index contributed by atoms with van der Waals surface area (Å²) in [6.45, 7) is 12.6. The van der Waals surface area contributed by atoms with E-state index in [9.17, 15) is 14.4 Å². The number of rotatable bonds is 9. The normalized spacial score (nSPS) is 19.7. The molecular formula is C27H39N3O5. The van der Waals surface area contributed by atoms with Gasteiger partial charge in [0.2, 0.25) is 0 Å². The minimum absolute atomic E-state index is 0.103. The summed E-state index contributed by atoms with van der Waals surface area (Å²) >= 11 is 0. The van der Waals surface area contributed by atoms with E-state index in [1.807, 2.05) is 38.1 Å². The number of carbonyl (C=O) groups excluding carboxylic acids is 3. The Bertz CT molecular complexity index is 933. The van der Waals surface area contributed by atoms with Crippen molar-refractivity contribution < 1.29 is 23.9 Å². The number of carbonyl (C=O) groups is 3. The van der Waals surface area contributed by atoms with Crippen molar-refractivity contribution in [3.63, 3.8) is 0 Å². The largest absolute Gasteiger partial charge is 0.466 e. The predicted octanol–water partition coefficient (Wildman–Crippen LogP) is 3.99. The second-order valence-electron chi connectivity index (χ2n) is 9.33. The van der Waals surface area contributed by atoms with Gasteiger partial charge in [-0.1, -0.05) is 38.1 Å². The molecule has 2 amide bonds. The Balaban J connectivity index is 1.93. The topological polar surface area (TPSA) is 88.2 Å². The number of urea groups is 1. The number of hydrogen-bond donors (Lipinski definition) is 1. The molecule has 3 rings (SSSR count). The average molecular weight is 486 g/mol. The molecule has 0 saturated carbocycles. The van der Waals surface area contributed by atoms with Crippen molar-refractivity contribution in [3.05, 3.63) is 46.7 Å². The number of hydrogen-bond acceptors (Lipinski definition) is 6. The first-order valence-electron chi connectivity index (χ1n) is 12.8. The van der Waals surface area contributed by atoms with Crippen LogP contribution in [0.3, 0.4) is 0 Å². The molecule has 192 valence electrons. The lowest BCUT2D eigenvalue weighted by Gasteiger charge is -2.39. The summed E-state index contributed by atoms with van der Waals surface area (Å²) in [5, 5.41) is 3.02. The summed E-state index contributed by atoms with van der Waals surface area (Å²) in [4.78, 5) is 42.3. The fourth-order valence-corrected chi connectivity index (χ4v) is 4.78. The standard InChI is InChI=1S/C27H39N3O5/c1-6-30-22(17-29-15-13-21(14-16-29)25(31)34-7-2)23(26(32)35-8-3)24(28-27(30)33)20-11-9-19(10-12-20)18(4)5/h9-12,18,21,24H,6-8,13-17H2,1-5H3,(H,28,33)/t24-/m1/s1. The monoisotopic (exact) mass is 485 g/mol. The quantitative estimate of drug-likeness (QED) is 0.532. The molecular weight excluding hydrogens is 446 g/mol. The molecule has 0 unspecified atom stereocenters. The third-order valence-electron chi connectivity index (χ3n) is 6.77. The predicted molar refractivity (Wildman–Crippen MR) is 134 cm³/mol. The Labute approximate surface area is 208 Å². The Kier molecular flexibility index (Phi) is 9.32. The smallest absolute Gasteiger partial charge is 0.338 e. The van der Waals surface area contributed by atoms with Crippen molar-refractivity contribution in [1.82, 2.24) is 15.1 Å². The summed E-state index contributed by atoms with van der Waals surface area (Å²) in [6, 6.07) is 7.22. The van der Waals surface area contributed by atoms with Gasteiger partial charge in [-0.05, 0) is 63.7 Å². The molecule has 1 aromatic carbocycles. The Morgan fingerprint density at radius 3 is 2.20 bits per heavy atom. The van der Waals surface area contributed by atoms with E-state index in [2.05, 4.69) is 24.1 Å². The van der Waals surface area contributed by atoms with Crippen molar-refractivity contribution in [2.24, 2.45) is 5.92 Å². The van der Waals surface area contributed by atoms with Gasteiger partial charge in [-0.3, -0.25) is 14.6 Å². The molecule has 8 nitrogen and oxygen atoms in total. The van der Waals surface area contributed by atoms with Gasteiger partial charge in [0.25, 0.3) is 0 Å². The molecule has 8 heteroatoms. The summed E-state index contributed by atoms with van der Waals surface area (Å²) in [6.07, 6.45) is 1.39. The molecule has 1 N–H and O–H groups in total. The van der Waals surface area contributed by atoms with Gasteiger partial charge in [0, 0.05) is 18.8 Å². The van der Waals surface area contributed by atoms with E-state index < -0.39 is 12.0 Å². The molecule has 0 radical (unpaired) electrons. The van der Waals surface area contributed by atoms with Gasteiger partial charge in [0.15, 0.2) is 0 Å². The van der Waals surface area contributed by atoms with Crippen molar-refractivity contribution in [2.45, 2.75) is 59.4 Å². The van der Waals surface area contributed by atoms with Gasteiger partial charge in [-0.25, -0.2) is 9.59 Å². The van der Waals surface area contributed by atoms with Gasteiger partial charge in [0.1, 0.15) is 0 Å². The van der Waals surface area contributed by atoms with Crippen LogP contribution in [0.4, 0.5) is 4.79 Å². The molecule has 0 aromatic heterocycles. The molecule has 0 spiro atoms. The van der Waals surface area contributed by atoms with Crippen LogP contribution in [0, 0.1) is 5.92 Å². The molecule has 2 aliphatic heterocycles. The zero-order valence-corrected chi connectivity index (χ0v) is 21.6. The van der Waals surface area contributed by atoms with Gasteiger partial charge in [0.05, 0.1) is 30.7 Å². The molecule has 0 bridgehead atoms. The molecule has 1 fully saturated rings. The number of ether oxygens (including phenoxy) is 2. The van der Waals surface area contributed by atoms with Crippen LogP contribution in [0.1, 0.15) is 70.5 Å². The second kappa shape index (κ2) is 12.2. The van der Waals surface area contributed by atoms with E-state index in [1.54, 1.807) is 11.8 Å². The maximum Gasteiger partial charge on any atom is 0.338 e. The highest BCUT2D eigenvalue weighted by Gasteiger charge is 2.39. The van der Waals surface area contributed by atoms with Crippen LogP contribution >= 0.6 is 0 Å². The van der Waals surface area contributed by atoms with Crippen LogP contribution < -0.4 is 5.32 Å². The van der Waals surface area contributed by atoms with E-state index in [-0.39, 0.29) is 24.5 Å². The van der Waals surface area contributed by atoms with Gasteiger partial charge < -0.3 is 14.8 Å². The van der Waals surface area contributed by atoms with Gasteiger partial charge in [-0.15, -0.1) is 0 Å². The Hall–Kier alpha value is -2.87. The van der Waals surface area contributed by atoms with Crippen LogP contribution in [0.15, 0.2) is 35.5 Å². The molecule has 2 aliphatic rings. The van der Waals surface area contributed by atoms with Crippen molar-refractivity contribution in [3.8, 4) is 0 Å². The van der Waals surface area contributed by atoms with Crippen LogP contribution in [0.5, 0.6) is 0 Å². The summed E-state index contributed by atoms with van der Waals surface area (Å²) in [5.41, 5.74) is 3.18. The number of likely N-dealkylation sites (N-methyl/N-ethyl adjacent to an activating group) is 1. The first kappa shape index (κ1) is 26.7. The van der Waals surface area contributed by atoms with Crippen LogP contribution in [-0.2, 0) is 19.1 Å². The maximum atomic E-state index is 13.3. The van der Waals surface area contributed by atoms with Crippen molar-refractivity contribution in [2.75, 3.05) is 39.4 Å². The molecule has 1 aromatic rings. The lowest BCUT2D eigenvalue weighted by Crippen LogP contribution is -2.51. The highest BCUT2D eigenvalue weighted by atomic mass is 16.5. The van der Waals surface area contributed by atoms with E-state index in [0.717, 1.165) is 5.56 Å². The van der Waals surface area contributed by atoms with E-state index in [0.29, 0.717) is 62.8 Å². The van der Waals surface area contributed by atoms with E-state index in [1.165, 1.54) is 5.56 Å². The number of nitrogens with one attached hydrogen (secondary N) is 1. The first-order chi connectivity index (χ1) is 16.8. The lowest BCUT2D eigenvalue weighted by atomic mass is 9.91. The molecule has 2 heterocycles. The zero-order chi connectivity index (χ0) is 25.5. The number of piperidine rings is 1. The third-order valence-corrected chi connectivity index (χ3v) is 6.77. The first-order valence-corrected chi connectivity index (χ1v) is 12.8. The number of amides is 2. The number of benzene rings is 1. The summed E-state index contributed by atoms with van der Waals surface area (Å²) in [5.74, 6) is -0.279. The van der Waals surface area contributed by atoms with Gasteiger partial charge in [-0.2, -0.15) is 0 Å². The van der Waals surface area contributed by atoms with Gasteiger partial charge >= 0.3 is 18.0 Å². The van der Waals surface area contributed by atoms with Crippen LogP contribution in [0.2, 0.25) is 0 Å². The number of likely N-dealkylation sites (tertiary alicyclic amines) is 1. The molecule has 1 atom stereocenters. The zero-order valence-electron chi connectivity index (χ0n) is 21.6. The molecule has 0 aliphatic carbocycles. The summed E-state index contributed by atoms with van der Waals surface area (Å²) in [7, 11) is 0. The van der Waals surface area contributed by atoms with Crippen molar-refractivity contribution in [1.29, 1.82) is 0 Å². The SMILES string of the molecule is CCOC(=O)C1=C(CN2CCC(C(=O)OCC)CC2)N(CC)C(=O)N[C@@H]1c1ccc(C(C)C)cc1. The highest BCUT2D eigenvalue weighted by molar-refractivity contribution is 5.95. The molecule has 35 heavy (non-hydrogen) atoms. The molecule has 1 saturated heterocycles. The lowest BCUT2D eigenvalue weighted by molar-refractivity contribution is -0.149. The minimum Gasteiger partial charge on any atom is -0.466 e. The highest BCUT2D eigenvalue weighted by Crippen LogP contribution is 2.33. The number of esters is 2. The minimum atomic E-state index is -0.586.